The van der Waals surface area contributed by atoms with E-state index >= 15 is 0 Å². The molecule has 4 heterocycles. The summed E-state index contributed by atoms with van der Waals surface area (Å²) in [7, 11) is 0. The number of para-hydroxylation sites is 1. The number of aryl methyl sites for hydroxylation is 1. The van der Waals surface area contributed by atoms with Gasteiger partial charge in [0.05, 0.1) is 5.58 Å². The van der Waals surface area contributed by atoms with Gasteiger partial charge < -0.3 is 9.40 Å². The molecule has 5 heteroatoms. The minimum atomic E-state index is 0. The Labute approximate surface area is 234 Å². The fourth-order valence-corrected chi connectivity index (χ4v) is 4.13. The van der Waals surface area contributed by atoms with E-state index in [9.17, 15) is 0 Å². The summed E-state index contributed by atoms with van der Waals surface area (Å²) in [5, 5.41) is 2.07. The predicted molar refractivity (Wildman–Crippen MR) is 148 cm³/mol. The third kappa shape index (κ3) is 5.32. The number of fused-ring (bicyclic) bond motifs is 3. The molecular formula is C33H22IrN3O-. The zero-order chi connectivity index (χ0) is 25.0. The molecule has 3 aromatic carbocycles. The molecule has 0 atom stereocenters. The fourth-order valence-electron chi connectivity index (χ4n) is 4.13. The minimum absolute atomic E-state index is 0. The van der Waals surface area contributed by atoms with E-state index in [1.54, 1.807) is 6.20 Å². The number of hydrogen-bond acceptors (Lipinski definition) is 3. The molecule has 0 amide bonds. The number of allylic oxidation sites excluding steroid dienone is 2. The normalized spacial score (nSPS) is 11.9. The van der Waals surface area contributed by atoms with Crippen molar-refractivity contribution in [3.63, 3.8) is 0 Å². The molecule has 0 aliphatic carbocycles. The van der Waals surface area contributed by atoms with Gasteiger partial charge in [0.1, 0.15) is 5.87 Å². The Morgan fingerprint density at radius 1 is 0.842 bits per heavy atom. The van der Waals surface area contributed by atoms with Gasteiger partial charge in [0, 0.05) is 55.6 Å². The zero-order valence-electron chi connectivity index (χ0n) is 20.6. The van der Waals surface area contributed by atoms with E-state index in [2.05, 4.69) is 52.2 Å². The summed E-state index contributed by atoms with van der Waals surface area (Å²) in [5.41, 5.74) is 7.73. The van der Waals surface area contributed by atoms with Gasteiger partial charge in [0.25, 0.3) is 0 Å². The molecule has 0 saturated carbocycles. The molecule has 7 rings (SSSR count). The van der Waals surface area contributed by atoms with Crippen molar-refractivity contribution in [3.05, 3.63) is 139 Å². The van der Waals surface area contributed by atoms with Crippen LogP contribution in [-0.4, -0.2) is 20.4 Å². The van der Waals surface area contributed by atoms with Crippen LogP contribution in [0.1, 0.15) is 11.1 Å². The number of hydrogen-bond donors (Lipinski definition) is 0. The molecule has 1 radical (unpaired) electrons. The third-order valence-electron chi connectivity index (χ3n) is 6.03. The quantitative estimate of drug-likeness (QED) is 0.144. The van der Waals surface area contributed by atoms with Gasteiger partial charge in [0.2, 0.25) is 11.4 Å². The van der Waals surface area contributed by atoms with Crippen LogP contribution in [0.2, 0.25) is 0 Å². The number of nitrogens with zero attached hydrogens (tertiary/aromatic N) is 3. The second-order valence-corrected chi connectivity index (χ2v) is 8.63. The first-order valence-corrected chi connectivity index (χ1v) is 12.0. The van der Waals surface area contributed by atoms with Crippen molar-refractivity contribution in [3.8, 4) is 11.3 Å². The molecule has 0 spiro atoms. The van der Waals surface area contributed by atoms with Gasteiger partial charge in [-0.1, -0.05) is 35.7 Å². The maximum absolute atomic E-state index is 5.76. The molecule has 185 valence electrons. The Kier molecular flexibility index (Phi) is 7.53. The fraction of sp³-hybridized carbons (Fsp3) is 0.0303. The topological polar surface area (TPSA) is 41.9 Å². The van der Waals surface area contributed by atoms with Crippen LogP contribution in [-0.2, 0) is 20.1 Å². The summed E-state index contributed by atoms with van der Waals surface area (Å²) in [4.78, 5) is 8.59. The van der Waals surface area contributed by atoms with Gasteiger partial charge in [-0.15, -0.1) is 64.2 Å². The average molecular weight is 669 g/mol. The Morgan fingerprint density at radius 2 is 1.71 bits per heavy atom. The van der Waals surface area contributed by atoms with Crippen molar-refractivity contribution in [1.29, 1.82) is 0 Å². The van der Waals surface area contributed by atoms with E-state index in [4.69, 9.17) is 4.42 Å². The summed E-state index contributed by atoms with van der Waals surface area (Å²) in [5.74, 6) is 3.39. The second kappa shape index (κ2) is 11.3. The van der Waals surface area contributed by atoms with Crippen LogP contribution in [0.4, 0.5) is 5.69 Å². The van der Waals surface area contributed by atoms with Crippen molar-refractivity contribution in [2.24, 2.45) is 0 Å². The molecule has 0 saturated heterocycles. The largest absolute Gasteiger partial charge is 0.486 e. The Hall–Kier alpha value is -4.40. The smallest absolute Gasteiger partial charge is 0.219 e. The van der Waals surface area contributed by atoms with E-state index in [1.807, 2.05) is 96.7 Å². The maximum atomic E-state index is 5.76. The zero-order valence-corrected chi connectivity index (χ0v) is 22.9. The molecule has 0 N–H and O–H groups in total. The number of furan rings is 1. The van der Waals surface area contributed by atoms with E-state index in [0.717, 1.165) is 44.4 Å². The number of rotatable bonds is 3. The predicted octanol–water partition coefficient (Wildman–Crippen LogP) is 7.56. The van der Waals surface area contributed by atoms with Gasteiger partial charge in [-0.05, 0) is 36.4 Å². The molecule has 0 bridgehead atoms. The summed E-state index contributed by atoms with van der Waals surface area (Å²) in [6.45, 7) is 2.03. The Balaban J connectivity index is 0.000000179. The third-order valence-corrected chi connectivity index (χ3v) is 6.03. The molecule has 6 aromatic rings. The van der Waals surface area contributed by atoms with Crippen molar-refractivity contribution in [2.75, 3.05) is 0 Å². The summed E-state index contributed by atoms with van der Waals surface area (Å²) >= 11 is 0. The van der Waals surface area contributed by atoms with E-state index in [1.165, 1.54) is 5.56 Å². The van der Waals surface area contributed by atoms with Gasteiger partial charge in [0.15, 0.2) is 6.20 Å². The Morgan fingerprint density at radius 3 is 2.50 bits per heavy atom. The first kappa shape index (κ1) is 25.3. The van der Waals surface area contributed by atoms with Crippen LogP contribution in [0.15, 0.2) is 120 Å². The second-order valence-electron chi connectivity index (χ2n) is 8.63. The van der Waals surface area contributed by atoms with Gasteiger partial charge in [-0.2, -0.15) is 0 Å². The Bertz CT molecular complexity index is 1800. The molecule has 1 aliphatic heterocycles. The van der Waals surface area contributed by atoms with Gasteiger partial charge in [-0.3, -0.25) is 0 Å². The van der Waals surface area contributed by atoms with Crippen LogP contribution in [0.3, 0.4) is 0 Å². The molecule has 38 heavy (non-hydrogen) atoms. The van der Waals surface area contributed by atoms with Crippen molar-refractivity contribution >= 4 is 39.2 Å². The van der Waals surface area contributed by atoms with Crippen molar-refractivity contribution in [2.45, 2.75) is 6.92 Å². The van der Waals surface area contributed by atoms with E-state index in [0.29, 0.717) is 5.71 Å². The molecule has 3 aromatic heterocycles. The molecule has 1 aliphatic rings. The van der Waals surface area contributed by atoms with Crippen molar-refractivity contribution in [1.82, 2.24) is 9.97 Å². The number of benzene rings is 3. The van der Waals surface area contributed by atoms with E-state index in [-0.39, 0.29) is 20.1 Å². The average Bonchev–Trinajstić information content (AvgIpc) is 3.60. The van der Waals surface area contributed by atoms with Crippen LogP contribution in [0.5, 0.6) is 0 Å². The number of aromatic nitrogens is 2. The molecule has 4 nitrogen and oxygen atoms in total. The first-order chi connectivity index (χ1) is 18.2. The monoisotopic (exact) mass is 669 g/mol. The first-order valence-electron chi connectivity index (χ1n) is 12.0. The van der Waals surface area contributed by atoms with Crippen molar-refractivity contribution < 1.29 is 29.1 Å². The molecular weight excluding hydrogens is 647 g/mol. The summed E-state index contributed by atoms with van der Waals surface area (Å²) in [6, 6.07) is 36.4. The van der Waals surface area contributed by atoms with E-state index < -0.39 is 0 Å². The summed E-state index contributed by atoms with van der Waals surface area (Å²) < 4.78 is 7.75. The van der Waals surface area contributed by atoms with Crippen LogP contribution >= 0.6 is 0 Å². The van der Waals surface area contributed by atoms with Crippen LogP contribution in [0, 0.1) is 19.1 Å². The standard InChI is InChI=1S/C21H12N2O.C12H10N.Ir/c1-2-5-17(6-3-1)23-12-10-16(14-23)15-8-9-20-19(13-15)18-7-4-11-22-21(18)24-20;1-10-7-8-12(13-9-10)11-5-3-2-4-6-11;/h1-7,9-13H;2-5,7-9H,1H3;/q;-1;. The van der Waals surface area contributed by atoms with Gasteiger partial charge >= 0.3 is 0 Å². The molecule has 0 fully saturated rings. The van der Waals surface area contributed by atoms with Gasteiger partial charge in [-0.25, -0.2) is 4.98 Å². The maximum Gasteiger partial charge on any atom is 0.219 e. The van der Waals surface area contributed by atoms with Crippen LogP contribution in [0.25, 0.3) is 38.9 Å². The molecule has 0 unspecified atom stereocenters. The van der Waals surface area contributed by atoms with Crippen LogP contribution < -0.4 is 0 Å². The SMILES string of the molecule is C1=C(c2[c-]cc3oc4ncccc4c3c2)C=C[N+]=1c1ccccc1.Cc1ccc(-c2[c-]cccc2)nc1.[Ir]. The minimum Gasteiger partial charge on any atom is -0.486 e. The summed E-state index contributed by atoms with van der Waals surface area (Å²) in [6.07, 6.45) is 7.67. The number of pyridine rings is 2.